The van der Waals surface area contributed by atoms with Gasteiger partial charge >= 0.3 is 0 Å². The monoisotopic (exact) mass is 422 g/mol. The molecule has 0 spiro atoms. The number of hydrogen-bond donors (Lipinski definition) is 0. The molecule has 0 N–H and O–H groups in total. The molecule has 1 heterocycles. The molecule has 1 aliphatic rings. The van der Waals surface area contributed by atoms with Crippen LogP contribution in [0.25, 0.3) is 6.08 Å². The summed E-state index contributed by atoms with van der Waals surface area (Å²) in [6, 6.07) is 16.0. The van der Waals surface area contributed by atoms with Crippen molar-refractivity contribution in [2.75, 3.05) is 6.61 Å². The van der Waals surface area contributed by atoms with Crippen LogP contribution in [-0.4, -0.2) is 28.6 Å². The summed E-state index contributed by atoms with van der Waals surface area (Å²) in [5.41, 5.74) is 3.02. The summed E-state index contributed by atoms with van der Waals surface area (Å²) in [5, 5.41) is 0.737. The zero-order valence-electron chi connectivity index (χ0n) is 18.4. The number of amidine groups is 1. The largest absolute Gasteiger partial charge is 0.493 e. The van der Waals surface area contributed by atoms with E-state index in [-0.39, 0.29) is 11.9 Å². The summed E-state index contributed by atoms with van der Waals surface area (Å²) in [6.45, 7) is 11.1. The van der Waals surface area contributed by atoms with Crippen LogP contribution in [0.15, 0.2) is 58.4 Å². The first-order valence-corrected chi connectivity index (χ1v) is 11.3. The van der Waals surface area contributed by atoms with Gasteiger partial charge in [-0.1, -0.05) is 50.6 Å². The SMILES string of the molecule is CC[C@@H](C)N1C(=O)/C(=C\c2ccc(OCC(C)C)cc2)SC1=Nc1ccc(C)cc1. The number of nitrogens with zero attached hydrogens (tertiary/aromatic N) is 2. The third kappa shape index (κ3) is 5.54. The van der Waals surface area contributed by atoms with Crippen LogP contribution in [0.3, 0.4) is 0 Å². The molecule has 1 fully saturated rings. The lowest BCUT2D eigenvalue weighted by atomic mass is 10.2. The number of aryl methyl sites for hydroxylation is 1. The highest BCUT2D eigenvalue weighted by molar-refractivity contribution is 8.18. The second-order valence-electron chi connectivity index (χ2n) is 8.05. The van der Waals surface area contributed by atoms with E-state index in [4.69, 9.17) is 9.73 Å². The number of rotatable bonds is 7. The van der Waals surface area contributed by atoms with Crippen LogP contribution in [0, 0.1) is 12.8 Å². The van der Waals surface area contributed by atoms with Gasteiger partial charge in [0.1, 0.15) is 5.75 Å². The van der Waals surface area contributed by atoms with Gasteiger partial charge in [-0.3, -0.25) is 9.69 Å². The lowest BCUT2D eigenvalue weighted by molar-refractivity contribution is -0.123. The summed E-state index contributed by atoms with van der Waals surface area (Å²) in [7, 11) is 0. The average Bonchev–Trinajstić information content (AvgIpc) is 3.03. The average molecular weight is 423 g/mol. The van der Waals surface area contributed by atoms with Crippen molar-refractivity contribution in [3.05, 3.63) is 64.6 Å². The molecular weight excluding hydrogens is 392 g/mol. The van der Waals surface area contributed by atoms with Crippen molar-refractivity contribution in [1.82, 2.24) is 4.90 Å². The van der Waals surface area contributed by atoms with E-state index < -0.39 is 0 Å². The van der Waals surface area contributed by atoms with E-state index in [0.717, 1.165) is 28.6 Å². The topological polar surface area (TPSA) is 41.9 Å². The van der Waals surface area contributed by atoms with Gasteiger partial charge in [0.25, 0.3) is 5.91 Å². The molecule has 5 heteroatoms. The van der Waals surface area contributed by atoms with Gasteiger partial charge in [-0.15, -0.1) is 0 Å². The molecule has 1 amide bonds. The van der Waals surface area contributed by atoms with Crippen LogP contribution in [0.5, 0.6) is 5.75 Å². The third-order valence-corrected chi connectivity index (χ3v) is 5.87. The Morgan fingerprint density at radius 3 is 2.33 bits per heavy atom. The Labute approximate surface area is 184 Å². The molecular formula is C25H30N2O2S. The fraction of sp³-hybridized carbons (Fsp3) is 0.360. The molecule has 0 aliphatic carbocycles. The van der Waals surface area contributed by atoms with Gasteiger partial charge in [0, 0.05) is 6.04 Å². The highest BCUT2D eigenvalue weighted by atomic mass is 32.2. The summed E-state index contributed by atoms with van der Waals surface area (Å²) in [4.78, 5) is 20.4. The van der Waals surface area contributed by atoms with Crippen LogP contribution in [0.1, 0.15) is 45.2 Å². The van der Waals surface area contributed by atoms with Crippen molar-refractivity contribution in [2.45, 2.75) is 47.1 Å². The van der Waals surface area contributed by atoms with E-state index in [2.05, 4.69) is 34.6 Å². The smallest absolute Gasteiger partial charge is 0.266 e. The number of carbonyl (C=O) groups is 1. The number of ether oxygens (including phenoxy) is 1. The van der Waals surface area contributed by atoms with E-state index in [1.54, 1.807) is 0 Å². The minimum absolute atomic E-state index is 0.0142. The molecule has 2 aromatic carbocycles. The first-order valence-electron chi connectivity index (χ1n) is 10.5. The van der Waals surface area contributed by atoms with Crippen molar-refractivity contribution in [2.24, 2.45) is 10.9 Å². The summed E-state index contributed by atoms with van der Waals surface area (Å²) in [5.74, 6) is 1.34. The Kier molecular flexibility index (Phi) is 7.38. The van der Waals surface area contributed by atoms with Crippen molar-refractivity contribution in [1.29, 1.82) is 0 Å². The summed E-state index contributed by atoms with van der Waals surface area (Å²) >= 11 is 1.44. The van der Waals surface area contributed by atoms with Crippen LogP contribution >= 0.6 is 11.8 Å². The van der Waals surface area contributed by atoms with Crippen LogP contribution < -0.4 is 4.74 Å². The normalized spacial score (nSPS) is 17.9. The Bertz CT molecular complexity index is 931. The highest BCUT2D eigenvalue weighted by Crippen LogP contribution is 2.36. The molecule has 0 aromatic heterocycles. The molecule has 30 heavy (non-hydrogen) atoms. The van der Waals surface area contributed by atoms with E-state index >= 15 is 0 Å². The van der Waals surface area contributed by atoms with Gasteiger partial charge in [-0.25, -0.2) is 4.99 Å². The first-order chi connectivity index (χ1) is 14.4. The Hall–Kier alpha value is -2.53. The van der Waals surface area contributed by atoms with Crippen LogP contribution in [-0.2, 0) is 4.79 Å². The molecule has 3 rings (SSSR count). The fourth-order valence-electron chi connectivity index (χ4n) is 2.94. The first kappa shape index (κ1) is 22.2. The van der Waals surface area contributed by atoms with Crippen molar-refractivity contribution in [3.8, 4) is 5.75 Å². The second-order valence-corrected chi connectivity index (χ2v) is 9.06. The molecule has 0 bridgehead atoms. The maximum atomic E-state index is 13.1. The number of aliphatic imine (C=N–C) groups is 1. The Morgan fingerprint density at radius 1 is 1.07 bits per heavy atom. The Balaban J connectivity index is 1.84. The van der Waals surface area contributed by atoms with Gasteiger partial charge in [0.05, 0.1) is 17.2 Å². The summed E-state index contributed by atoms with van der Waals surface area (Å²) < 4.78 is 5.75. The zero-order chi connectivity index (χ0) is 21.7. The van der Waals surface area contributed by atoms with Crippen molar-refractivity contribution in [3.63, 3.8) is 0 Å². The van der Waals surface area contributed by atoms with Gasteiger partial charge in [-0.05, 0) is 73.9 Å². The predicted molar refractivity (Wildman–Crippen MR) is 127 cm³/mol. The zero-order valence-corrected chi connectivity index (χ0v) is 19.2. The maximum absolute atomic E-state index is 13.1. The second kappa shape index (κ2) is 9.98. The third-order valence-electron chi connectivity index (χ3n) is 4.89. The molecule has 1 saturated heterocycles. The van der Waals surface area contributed by atoms with E-state index in [0.29, 0.717) is 17.4 Å². The predicted octanol–water partition coefficient (Wildman–Crippen LogP) is 6.43. The molecule has 1 atom stereocenters. The lowest BCUT2D eigenvalue weighted by Gasteiger charge is -2.22. The molecule has 0 saturated carbocycles. The van der Waals surface area contributed by atoms with Gasteiger partial charge in [-0.2, -0.15) is 0 Å². The fourth-order valence-corrected chi connectivity index (χ4v) is 4.03. The molecule has 2 aromatic rings. The number of amides is 1. The molecule has 0 radical (unpaired) electrons. The number of hydrogen-bond acceptors (Lipinski definition) is 4. The lowest BCUT2D eigenvalue weighted by Crippen LogP contribution is -2.36. The number of thioether (sulfide) groups is 1. The number of benzene rings is 2. The minimum Gasteiger partial charge on any atom is -0.493 e. The maximum Gasteiger partial charge on any atom is 0.266 e. The van der Waals surface area contributed by atoms with Gasteiger partial charge in [0.15, 0.2) is 5.17 Å². The minimum atomic E-state index is 0.0142. The van der Waals surface area contributed by atoms with Crippen LogP contribution in [0.4, 0.5) is 5.69 Å². The van der Waals surface area contributed by atoms with Crippen molar-refractivity contribution < 1.29 is 9.53 Å². The van der Waals surface area contributed by atoms with Crippen molar-refractivity contribution >= 4 is 34.6 Å². The number of carbonyl (C=O) groups excluding carboxylic acids is 1. The van der Waals surface area contributed by atoms with Gasteiger partial charge in [0.2, 0.25) is 0 Å². The quantitative estimate of drug-likeness (QED) is 0.483. The van der Waals surface area contributed by atoms with E-state index in [1.165, 1.54) is 17.3 Å². The molecule has 0 unspecified atom stereocenters. The van der Waals surface area contributed by atoms with Gasteiger partial charge < -0.3 is 4.74 Å². The molecule has 4 nitrogen and oxygen atoms in total. The summed E-state index contributed by atoms with van der Waals surface area (Å²) in [6.07, 6.45) is 2.81. The van der Waals surface area contributed by atoms with E-state index in [1.807, 2.05) is 59.5 Å². The molecule has 1 aliphatic heterocycles. The van der Waals surface area contributed by atoms with E-state index in [9.17, 15) is 4.79 Å². The highest BCUT2D eigenvalue weighted by Gasteiger charge is 2.36. The van der Waals surface area contributed by atoms with Crippen LogP contribution in [0.2, 0.25) is 0 Å². The standard InChI is InChI=1S/C25H30N2O2S/c1-6-19(5)27-24(28)23(30-25(27)26-21-11-7-18(4)8-12-21)15-20-9-13-22(14-10-20)29-16-17(2)3/h7-15,17,19H,6,16H2,1-5H3/b23-15+,26-25?/t19-/m1/s1. The molecule has 158 valence electrons. The Morgan fingerprint density at radius 2 is 1.73 bits per heavy atom.